The van der Waals surface area contributed by atoms with Gasteiger partial charge in [0.25, 0.3) is 5.91 Å². The van der Waals surface area contributed by atoms with Crippen molar-refractivity contribution < 1.29 is 40.7 Å². The van der Waals surface area contributed by atoms with Crippen LogP contribution in [-0.2, 0) is 19.9 Å². The number of benzene rings is 2. The van der Waals surface area contributed by atoms with E-state index in [9.17, 15) is 31.5 Å². The number of hydrogen-bond donors (Lipinski definition) is 1. The van der Waals surface area contributed by atoms with Gasteiger partial charge in [-0.1, -0.05) is 55.8 Å². The molecule has 2 aromatic carbocycles. The predicted octanol–water partition coefficient (Wildman–Crippen LogP) is 7.80. The van der Waals surface area contributed by atoms with Gasteiger partial charge in [0.15, 0.2) is 17.3 Å². The number of rotatable bonds is 14. The minimum absolute atomic E-state index is 0.000161. The molecule has 1 unspecified atom stereocenters. The zero-order valence-electron chi connectivity index (χ0n) is 29.3. The highest BCUT2D eigenvalue weighted by Crippen LogP contribution is 2.45. The molecule has 0 radical (unpaired) electrons. The molecule has 0 saturated carbocycles. The summed E-state index contributed by atoms with van der Waals surface area (Å²) in [5.74, 6) is -2.30. The molecule has 2 aromatic heterocycles. The Bertz CT molecular complexity index is 1990. The molecule has 1 amide bonds. The number of esters is 1. The van der Waals surface area contributed by atoms with Gasteiger partial charge >= 0.3 is 19.1 Å². The van der Waals surface area contributed by atoms with E-state index >= 15 is 4.39 Å². The summed E-state index contributed by atoms with van der Waals surface area (Å²) in [6, 6.07) is 8.93. The minimum Gasteiger partial charge on any atom is -0.463 e. The molecule has 11 nitrogen and oxygen atoms in total. The van der Waals surface area contributed by atoms with E-state index in [0.717, 1.165) is 17.4 Å². The largest absolute Gasteiger partial charge is 0.463 e. The first-order valence-electron chi connectivity index (χ1n) is 16.3. The lowest BCUT2D eigenvalue weighted by Gasteiger charge is -2.34. The van der Waals surface area contributed by atoms with Gasteiger partial charge in [-0.15, -0.1) is 0 Å². The Morgan fingerprint density at radius 2 is 1.68 bits per heavy atom. The van der Waals surface area contributed by atoms with Crippen molar-refractivity contribution in [1.82, 2.24) is 29.4 Å². The van der Waals surface area contributed by atoms with E-state index < -0.39 is 66.8 Å². The van der Waals surface area contributed by atoms with Crippen molar-refractivity contribution in [2.45, 2.75) is 84.0 Å². The van der Waals surface area contributed by atoms with Crippen molar-refractivity contribution in [3.63, 3.8) is 0 Å². The van der Waals surface area contributed by atoms with Gasteiger partial charge in [0.05, 0.1) is 23.7 Å². The van der Waals surface area contributed by atoms with E-state index in [-0.39, 0.29) is 39.9 Å². The molecular formula is C35H37ClF6N8O3. The predicted molar refractivity (Wildman–Crippen MR) is 183 cm³/mol. The Kier molecular flexibility index (Phi) is 11.0. The third kappa shape index (κ3) is 8.19. The molecule has 18 heteroatoms. The Balaban J connectivity index is 1.59. The SMILES string of the molecule is CC(F)C(C)(C)CC(=O)OC[C@H](c1ccc(Cl)c(-c2ncnn2C(F)F)c1)N1C(=O)[C@@](CC(C)(C)F)(c2ccc(-c3cnn(C(F)F)c3)cc2)N=C1N. The quantitative estimate of drug-likeness (QED) is 0.102. The van der Waals surface area contributed by atoms with Crippen molar-refractivity contribution in [2.24, 2.45) is 16.1 Å². The Labute approximate surface area is 305 Å². The van der Waals surface area contributed by atoms with Crippen LogP contribution in [-0.4, -0.2) is 65.7 Å². The first kappa shape index (κ1) is 39.3. The van der Waals surface area contributed by atoms with Crippen LogP contribution in [0.4, 0.5) is 26.3 Å². The summed E-state index contributed by atoms with van der Waals surface area (Å²) in [7, 11) is 0. The highest BCUT2D eigenvalue weighted by Gasteiger charge is 2.54. The molecule has 3 heterocycles. The van der Waals surface area contributed by atoms with Crippen LogP contribution in [0, 0.1) is 5.41 Å². The molecule has 0 saturated heterocycles. The summed E-state index contributed by atoms with van der Waals surface area (Å²) < 4.78 is 90.2. The van der Waals surface area contributed by atoms with Crippen LogP contribution in [0.5, 0.6) is 0 Å². The lowest BCUT2D eigenvalue weighted by molar-refractivity contribution is -0.150. The van der Waals surface area contributed by atoms with E-state index in [1.807, 2.05) is 0 Å². The minimum atomic E-state index is -3.08. The number of ether oxygens (including phenoxy) is 1. The molecule has 0 spiro atoms. The maximum absolute atomic E-state index is 15.6. The van der Waals surface area contributed by atoms with Gasteiger partial charge < -0.3 is 10.5 Å². The number of nitrogens with two attached hydrogens (primary N) is 1. The van der Waals surface area contributed by atoms with Gasteiger partial charge in [0.1, 0.15) is 24.8 Å². The van der Waals surface area contributed by atoms with Crippen LogP contribution in [0.1, 0.15) is 77.7 Å². The summed E-state index contributed by atoms with van der Waals surface area (Å²) in [5.41, 5.74) is 2.62. The average Bonchev–Trinajstić information content (AvgIpc) is 3.81. The van der Waals surface area contributed by atoms with Gasteiger partial charge in [0.2, 0.25) is 0 Å². The van der Waals surface area contributed by atoms with Crippen LogP contribution in [0.15, 0.2) is 66.2 Å². The molecule has 3 atom stereocenters. The number of aliphatic imine (C=N–C) groups is 1. The molecule has 53 heavy (non-hydrogen) atoms. The lowest BCUT2D eigenvalue weighted by atomic mass is 9.80. The van der Waals surface area contributed by atoms with E-state index in [4.69, 9.17) is 22.1 Å². The number of halogens is 7. The van der Waals surface area contributed by atoms with Crippen LogP contribution in [0.2, 0.25) is 5.02 Å². The zero-order chi connectivity index (χ0) is 39.0. The average molecular weight is 767 g/mol. The van der Waals surface area contributed by atoms with E-state index in [2.05, 4.69) is 20.2 Å². The van der Waals surface area contributed by atoms with Gasteiger partial charge in [-0.2, -0.15) is 32.4 Å². The fraction of sp³-hybridized carbons (Fsp3) is 0.429. The molecule has 4 aromatic rings. The Hall–Kier alpha value is -4.93. The molecule has 284 valence electrons. The van der Waals surface area contributed by atoms with Crippen molar-refractivity contribution in [3.8, 4) is 22.5 Å². The Morgan fingerprint density at radius 1 is 1.00 bits per heavy atom. The van der Waals surface area contributed by atoms with Crippen LogP contribution in [0.25, 0.3) is 22.5 Å². The van der Waals surface area contributed by atoms with Gasteiger partial charge in [0, 0.05) is 29.2 Å². The number of amides is 1. The second kappa shape index (κ2) is 14.8. The van der Waals surface area contributed by atoms with Crippen LogP contribution >= 0.6 is 11.6 Å². The first-order valence-corrected chi connectivity index (χ1v) is 16.7. The number of nitrogens with zero attached hydrogens (tertiary/aromatic N) is 7. The number of aromatic nitrogens is 5. The second-order valence-electron chi connectivity index (χ2n) is 14.0. The summed E-state index contributed by atoms with van der Waals surface area (Å²) in [5, 5.41) is 7.20. The maximum Gasteiger partial charge on any atom is 0.335 e. The fourth-order valence-electron chi connectivity index (χ4n) is 6.01. The van der Waals surface area contributed by atoms with Crippen molar-refractivity contribution in [2.75, 3.05) is 6.61 Å². The molecule has 5 rings (SSSR count). The number of carbonyl (C=O) groups is 2. The topological polar surface area (TPSA) is 134 Å². The number of alkyl halides is 6. The third-order valence-corrected chi connectivity index (χ3v) is 9.39. The molecule has 1 aliphatic heterocycles. The molecule has 0 fully saturated rings. The molecule has 0 aliphatic carbocycles. The maximum atomic E-state index is 15.6. The van der Waals surface area contributed by atoms with Gasteiger partial charge in [-0.3, -0.25) is 14.5 Å². The highest BCUT2D eigenvalue weighted by atomic mass is 35.5. The fourth-order valence-corrected chi connectivity index (χ4v) is 6.21. The normalized spacial score (nSPS) is 17.8. The summed E-state index contributed by atoms with van der Waals surface area (Å²) >= 11 is 6.43. The van der Waals surface area contributed by atoms with E-state index in [1.54, 1.807) is 13.8 Å². The highest BCUT2D eigenvalue weighted by molar-refractivity contribution is 6.33. The molecule has 1 aliphatic rings. The molecule has 2 N–H and O–H groups in total. The van der Waals surface area contributed by atoms with Crippen LogP contribution in [0.3, 0.4) is 0 Å². The monoisotopic (exact) mass is 766 g/mol. The third-order valence-electron chi connectivity index (χ3n) is 9.06. The smallest absolute Gasteiger partial charge is 0.335 e. The number of guanidine groups is 1. The Morgan fingerprint density at radius 3 is 2.26 bits per heavy atom. The van der Waals surface area contributed by atoms with Gasteiger partial charge in [-0.05, 0) is 49.6 Å². The van der Waals surface area contributed by atoms with E-state index in [1.165, 1.54) is 69.4 Å². The van der Waals surface area contributed by atoms with Crippen LogP contribution < -0.4 is 5.73 Å². The lowest BCUT2D eigenvalue weighted by Crippen LogP contribution is -2.48. The number of carbonyl (C=O) groups excluding carboxylic acids is 2. The zero-order valence-corrected chi connectivity index (χ0v) is 30.0. The number of hydrogen-bond acceptors (Lipinski definition) is 8. The molecular weight excluding hydrogens is 730 g/mol. The van der Waals surface area contributed by atoms with E-state index in [0.29, 0.717) is 20.5 Å². The van der Waals surface area contributed by atoms with Crippen molar-refractivity contribution in [3.05, 3.63) is 77.3 Å². The van der Waals surface area contributed by atoms with Crippen molar-refractivity contribution >= 4 is 29.4 Å². The molecule has 0 bridgehead atoms. The summed E-state index contributed by atoms with van der Waals surface area (Å²) in [4.78, 5) is 37.3. The summed E-state index contributed by atoms with van der Waals surface area (Å²) in [6.07, 6.45) is 1.08. The summed E-state index contributed by atoms with van der Waals surface area (Å²) in [6.45, 7) is 0.383. The van der Waals surface area contributed by atoms with Gasteiger partial charge in [-0.25, -0.2) is 23.4 Å². The van der Waals surface area contributed by atoms with Crippen molar-refractivity contribution in [1.29, 1.82) is 0 Å². The first-order chi connectivity index (χ1) is 24.7. The standard InChI is InChI=1S/C35H37ClF6N8O3/c1-19(37)33(2,3)13-27(51)53-16-26(21-8-11-25(36)24(12-21)28-44-18-46-50(28)31(40)41)49-29(52)35(47-32(49)43,17-34(4,5)42)23-9-6-20(7-10-23)22-14-45-48(15-22)30(38)39/h6-12,14-15,18-19,26,30-31H,13,16-17H2,1-5H3,(H2,43,47)/t19?,26-,35-/m1/s1. The second-order valence-corrected chi connectivity index (χ2v) is 14.4.